The Morgan fingerprint density at radius 1 is 0.596 bits per heavy atom. The van der Waals surface area contributed by atoms with Crippen LogP contribution in [0.1, 0.15) is 187 Å². The van der Waals surface area contributed by atoms with Crippen molar-refractivity contribution in [3.05, 3.63) is 24.3 Å². The Kier molecular flexibility index (Phi) is 32.6. The summed E-state index contributed by atoms with van der Waals surface area (Å²) in [5.74, 6) is -1.99. The predicted octanol–water partition coefficient (Wildman–Crippen LogP) is 8.84. The molecule has 1 aliphatic heterocycles. The molecular weight excluding hydrogens is 753 g/mol. The Morgan fingerprint density at radius 2 is 1.05 bits per heavy atom. The van der Waals surface area contributed by atoms with E-state index >= 15 is 0 Å². The first-order chi connectivity index (χ1) is 27.5. The third kappa shape index (κ3) is 29.9. The highest BCUT2D eigenvalue weighted by Gasteiger charge is 2.46. The van der Waals surface area contributed by atoms with Gasteiger partial charge in [-0.2, -0.15) is 8.42 Å². The van der Waals surface area contributed by atoms with E-state index in [-0.39, 0.29) is 19.4 Å². The number of aliphatic hydroxyl groups excluding tert-OH is 3. The van der Waals surface area contributed by atoms with Crippen molar-refractivity contribution in [2.45, 2.75) is 224 Å². The molecule has 6 unspecified atom stereocenters. The van der Waals surface area contributed by atoms with Crippen molar-refractivity contribution >= 4 is 22.1 Å². The molecule has 0 aromatic carbocycles. The highest BCUT2D eigenvalue weighted by Crippen LogP contribution is 2.24. The molecule has 1 saturated heterocycles. The number of hydrogen-bond donors (Lipinski definition) is 4. The van der Waals surface area contributed by atoms with Crippen molar-refractivity contribution in [3.63, 3.8) is 0 Å². The maximum absolute atomic E-state index is 12.8. The van der Waals surface area contributed by atoms with E-state index in [0.717, 1.165) is 57.8 Å². The minimum atomic E-state index is -4.60. The fraction of sp³-hybridized carbons (Fsp3) is 0.864. The standard InChI is InChI=1S/C44H80O12S/c1-3-5-7-9-11-13-15-16-17-18-19-20-21-23-25-27-29-31-33-40(46)55-37(34-53-39(45)32-30-28-26-24-22-14-12-10-8-6-4-2)35-54-44-43(49)42(48)41(47)38(56-44)36-57(50,51)52/h13,15,17-18,37-38,41-44,47-49H,3-12,14,16,19-36H2,1-2H3,(H,50,51,52)/b15-13-,18-17-. The monoisotopic (exact) mass is 833 g/mol. The molecular formula is C44H80O12S. The van der Waals surface area contributed by atoms with E-state index in [4.69, 9.17) is 18.9 Å². The van der Waals surface area contributed by atoms with E-state index < -0.39 is 71.2 Å². The van der Waals surface area contributed by atoms with Gasteiger partial charge in [0.05, 0.1) is 6.61 Å². The Bertz CT molecular complexity index is 1160. The first kappa shape index (κ1) is 53.1. The van der Waals surface area contributed by atoms with Gasteiger partial charge in [0.25, 0.3) is 10.1 Å². The first-order valence-corrected chi connectivity index (χ1v) is 24.0. The number of hydrogen-bond acceptors (Lipinski definition) is 11. The van der Waals surface area contributed by atoms with Crippen LogP contribution in [0.25, 0.3) is 0 Å². The van der Waals surface area contributed by atoms with Crippen LogP contribution < -0.4 is 0 Å². The number of carbonyl (C=O) groups is 2. The quantitative estimate of drug-likeness (QED) is 0.0202. The number of ether oxygens (including phenoxy) is 4. The summed E-state index contributed by atoms with van der Waals surface area (Å²) in [5, 5.41) is 30.8. The van der Waals surface area contributed by atoms with Crippen LogP contribution in [-0.4, -0.2) is 96.0 Å². The summed E-state index contributed by atoms with van der Waals surface area (Å²) in [6.07, 6.45) is 27.9. The number of esters is 2. The molecule has 1 fully saturated rings. The van der Waals surface area contributed by atoms with Crippen LogP contribution in [0.5, 0.6) is 0 Å². The number of unbranched alkanes of at least 4 members (excludes halogenated alkanes) is 21. The lowest BCUT2D eigenvalue weighted by atomic mass is 10.00. The molecule has 0 aliphatic carbocycles. The van der Waals surface area contributed by atoms with E-state index in [1.54, 1.807) is 0 Å². The van der Waals surface area contributed by atoms with Gasteiger partial charge >= 0.3 is 11.9 Å². The smallest absolute Gasteiger partial charge is 0.306 e. The molecule has 0 aromatic heterocycles. The van der Waals surface area contributed by atoms with Crippen molar-refractivity contribution < 1.29 is 56.8 Å². The normalized spacial score (nSPS) is 20.7. The summed E-state index contributed by atoms with van der Waals surface area (Å²) < 4.78 is 54.0. The van der Waals surface area contributed by atoms with Crippen molar-refractivity contribution in [1.29, 1.82) is 0 Å². The number of rotatable bonds is 37. The van der Waals surface area contributed by atoms with Gasteiger partial charge in [0.15, 0.2) is 12.4 Å². The topological polar surface area (TPSA) is 186 Å². The molecule has 0 spiro atoms. The zero-order chi connectivity index (χ0) is 42.0. The molecule has 0 radical (unpaired) electrons. The van der Waals surface area contributed by atoms with E-state index in [0.29, 0.717) is 12.8 Å². The maximum atomic E-state index is 12.8. The maximum Gasteiger partial charge on any atom is 0.306 e. The predicted molar refractivity (Wildman–Crippen MR) is 224 cm³/mol. The average Bonchev–Trinajstić information content (AvgIpc) is 3.17. The second kappa shape index (κ2) is 34.9. The van der Waals surface area contributed by atoms with Gasteiger partial charge in [0, 0.05) is 12.8 Å². The van der Waals surface area contributed by atoms with Gasteiger partial charge in [-0.25, -0.2) is 0 Å². The van der Waals surface area contributed by atoms with E-state index in [1.807, 2.05) is 0 Å². The van der Waals surface area contributed by atoms with Gasteiger partial charge < -0.3 is 34.3 Å². The summed E-state index contributed by atoms with van der Waals surface area (Å²) >= 11 is 0. The lowest BCUT2D eigenvalue weighted by Gasteiger charge is -2.40. The summed E-state index contributed by atoms with van der Waals surface area (Å²) in [7, 11) is -4.60. The Labute approximate surface area is 345 Å². The third-order valence-corrected chi connectivity index (χ3v) is 11.0. The molecule has 0 amide bonds. The van der Waals surface area contributed by atoms with Gasteiger partial charge in [-0.1, -0.05) is 154 Å². The van der Waals surface area contributed by atoms with E-state index in [1.165, 1.54) is 89.9 Å². The van der Waals surface area contributed by atoms with Crippen LogP contribution in [0.2, 0.25) is 0 Å². The molecule has 0 bridgehead atoms. The van der Waals surface area contributed by atoms with Gasteiger partial charge in [-0.05, 0) is 44.9 Å². The number of aliphatic hydroxyl groups is 3. The third-order valence-electron chi connectivity index (χ3n) is 10.3. The minimum absolute atomic E-state index is 0.158. The van der Waals surface area contributed by atoms with Gasteiger partial charge in [-0.15, -0.1) is 0 Å². The lowest BCUT2D eigenvalue weighted by molar-refractivity contribution is -0.297. The zero-order valence-corrected chi connectivity index (χ0v) is 36.3. The largest absolute Gasteiger partial charge is 0.462 e. The minimum Gasteiger partial charge on any atom is -0.462 e. The summed E-state index contributed by atoms with van der Waals surface area (Å²) in [6.45, 7) is 3.73. The molecule has 1 heterocycles. The fourth-order valence-corrected chi connectivity index (χ4v) is 7.46. The lowest BCUT2D eigenvalue weighted by Crippen LogP contribution is -2.60. The summed E-state index contributed by atoms with van der Waals surface area (Å²) in [6, 6.07) is 0. The molecule has 0 saturated carbocycles. The SMILES string of the molecule is CCCCCC/C=C\C/C=C\CCCCCCCCCC(=O)OC(COC(=O)CCCCCCCCCCCCC)COC1OC(CS(=O)(=O)O)C(O)C(O)C1O. The zero-order valence-electron chi connectivity index (χ0n) is 35.4. The first-order valence-electron chi connectivity index (χ1n) is 22.4. The van der Waals surface area contributed by atoms with Crippen molar-refractivity contribution in [3.8, 4) is 0 Å². The number of carbonyl (C=O) groups excluding carboxylic acids is 2. The molecule has 1 aliphatic rings. The molecule has 6 atom stereocenters. The Morgan fingerprint density at radius 3 is 1.56 bits per heavy atom. The summed E-state index contributed by atoms with van der Waals surface area (Å²) in [5.41, 5.74) is 0. The van der Waals surface area contributed by atoms with Crippen LogP contribution in [0, 0.1) is 0 Å². The molecule has 12 nitrogen and oxygen atoms in total. The van der Waals surface area contributed by atoms with Gasteiger partial charge in [0.2, 0.25) is 0 Å². The molecule has 13 heteroatoms. The molecule has 57 heavy (non-hydrogen) atoms. The Balaban J connectivity index is 2.44. The van der Waals surface area contributed by atoms with Gasteiger partial charge in [-0.3, -0.25) is 14.1 Å². The highest BCUT2D eigenvalue weighted by atomic mass is 32.2. The molecule has 1 rings (SSSR count). The highest BCUT2D eigenvalue weighted by molar-refractivity contribution is 7.85. The van der Waals surface area contributed by atoms with Crippen LogP contribution in [0.4, 0.5) is 0 Å². The number of allylic oxidation sites excluding steroid dienone is 4. The Hall–Kier alpha value is -1.87. The molecule has 0 aromatic rings. The van der Waals surface area contributed by atoms with E-state index in [9.17, 15) is 37.9 Å². The average molecular weight is 833 g/mol. The van der Waals surface area contributed by atoms with Crippen LogP contribution in [0.15, 0.2) is 24.3 Å². The van der Waals surface area contributed by atoms with Crippen LogP contribution >= 0.6 is 0 Å². The van der Waals surface area contributed by atoms with Gasteiger partial charge in [0.1, 0.15) is 36.8 Å². The summed E-state index contributed by atoms with van der Waals surface area (Å²) in [4.78, 5) is 25.3. The fourth-order valence-electron chi connectivity index (χ4n) is 6.77. The molecule has 4 N–H and O–H groups in total. The second-order valence-corrected chi connectivity index (χ2v) is 17.2. The molecule has 334 valence electrons. The van der Waals surface area contributed by atoms with Crippen molar-refractivity contribution in [2.75, 3.05) is 19.0 Å². The van der Waals surface area contributed by atoms with E-state index in [2.05, 4.69) is 38.2 Å². The van der Waals surface area contributed by atoms with Crippen LogP contribution in [-0.2, 0) is 38.7 Å². The van der Waals surface area contributed by atoms with Crippen molar-refractivity contribution in [2.24, 2.45) is 0 Å². The second-order valence-electron chi connectivity index (χ2n) is 15.7. The van der Waals surface area contributed by atoms with Crippen LogP contribution in [0.3, 0.4) is 0 Å². The van der Waals surface area contributed by atoms with Crippen molar-refractivity contribution in [1.82, 2.24) is 0 Å².